The van der Waals surface area contributed by atoms with E-state index in [1.54, 1.807) is 0 Å². The van der Waals surface area contributed by atoms with Gasteiger partial charge in [-0.3, -0.25) is 0 Å². The predicted molar refractivity (Wildman–Crippen MR) is 22.6 cm³/mol. The first kappa shape index (κ1) is 6.19. The van der Waals surface area contributed by atoms with Crippen LogP contribution in [0.3, 0.4) is 0 Å². The van der Waals surface area contributed by atoms with Crippen LogP contribution in [0.5, 0.6) is 0 Å². The molecule has 0 aromatic rings. The number of nitrogens with zero attached hydrogens (tertiary/aromatic N) is 1. The molecule has 0 aromatic carbocycles. The summed E-state index contributed by atoms with van der Waals surface area (Å²) in [5.74, 6) is 4.80. The van der Waals surface area contributed by atoms with Crippen molar-refractivity contribution < 1.29 is 9.63 Å². The number of nitrogens with two attached hydrogens (primary N) is 2. The fourth-order valence-corrected chi connectivity index (χ4v) is 0.142. The number of hydrazine groups is 1. The Balaban J connectivity index is 3.13. The van der Waals surface area contributed by atoms with Crippen LogP contribution >= 0.6 is 0 Å². The highest BCUT2D eigenvalue weighted by atomic mass is 16.7. The van der Waals surface area contributed by atoms with Crippen molar-refractivity contribution in [3.63, 3.8) is 0 Å². The number of carbonyl (C=O) groups is 1. The number of carbonyl (C=O) groups excluding carboxylic acids is 1. The van der Waals surface area contributed by atoms with Gasteiger partial charge < -0.3 is 10.6 Å². The minimum Gasteiger partial charge on any atom is -0.336 e. The van der Waals surface area contributed by atoms with Crippen molar-refractivity contribution in [2.24, 2.45) is 11.6 Å². The molecule has 0 aliphatic heterocycles. The van der Waals surface area contributed by atoms with Crippen LogP contribution in [0, 0.1) is 0 Å². The highest BCUT2D eigenvalue weighted by Gasteiger charge is 1.92. The number of amides is 1. The van der Waals surface area contributed by atoms with Crippen molar-refractivity contribution in [2.45, 2.75) is 0 Å². The first-order valence-corrected chi connectivity index (χ1v) is 1.58. The molecule has 0 saturated carbocycles. The Bertz CT molecular complexity index is 71.3. The molecule has 4 N–H and O–H groups in total. The fourth-order valence-electron chi connectivity index (χ4n) is 0.142. The molecule has 0 aromatic heterocycles. The van der Waals surface area contributed by atoms with Gasteiger partial charge in [-0.25, -0.2) is 10.6 Å². The monoisotopic (exact) mass is 105 g/mol. The third kappa shape index (κ3) is 5.19. The summed E-state index contributed by atoms with van der Waals surface area (Å²) >= 11 is 0. The van der Waals surface area contributed by atoms with Crippen LogP contribution in [-0.2, 0) is 4.84 Å². The molecule has 0 aliphatic rings. The summed E-state index contributed by atoms with van der Waals surface area (Å²) < 4.78 is 0. The standard InChI is InChI=1S/C2H7N3O2/c1-5(4)7-2(3)6/h4H2,1H3,(H2,3,6). The van der Waals surface area contributed by atoms with Gasteiger partial charge in [0.05, 0.1) is 0 Å². The van der Waals surface area contributed by atoms with Gasteiger partial charge in [0.25, 0.3) is 0 Å². The lowest BCUT2D eigenvalue weighted by Gasteiger charge is -2.04. The van der Waals surface area contributed by atoms with Crippen molar-refractivity contribution in [1.82, 2.24) is 5.17 Å². The third-order valence-electron chi connectivity index (χ3n) is 0.234. The minimum atomic E-state index is -0.912. The van der Waals surface area contributed by atoms with E-state index < -0.39 is 6.09 Å². The van der Waals surface area contributed by atoms with E-state index in [1.165, 1.54) is 7.05 Å². The number of primary amides is 1. The van der Waals surface area contributed by atoms with Gasteiger partial charge in [-0.15, -0.1) is 0 Å². The van der Waals surface area contributed by atoms with E-state index in [0.717, 1.165) is 5.17 Å². The Labute approximate surface area is 40.7 Å². The summed E-state index contributed by atoms with van der Waals surface area (Å²) in [6.07, 6.45) is -0.912. The molecule has 5 heteroatoms. The number of hydroxylamine groups is 1. The van der Waals surface area contributed by atoms with Crippen molar-refractivity contribution >= 4 is 6.09 Å². The van der Waals surface area contributed by atoms with Crippen molar-refractivity contribution in [3.8, 4) is 0 Å². The normalized spacial score (nSPS) is 9.00. The zero-order valence-corrected chi connectivity index (χ0v) is 3.92. The molecule has 0 heterocycles. The third-order valence-corrected chi connectivity index (χ3v) is 0.234. The van der Waals surface area contributed by atoms with Crippen LogP contribution in [0.2, 0.25) is 0 Å². The Kier molecular flexibility index (Phi) is 2.10. The van der Waals surface area contributed by atoms with Gasteiger partial charge in [-0.1, -0.05) is 5.17 Å². The maximum absolute atomic E-state index is 9.69. The molecule has 7 heavy (non-hydrogen) atoms. The van der Waals surface area contributed by atoms with E-state index in [2.05, 4.69) is 10.6 Å². The second-order valence-corrected chi connectivity index (χ2v) is 0.957. The summed E-state index contributed by atoms with van der Waals surface area (Å²) in [6, 6.07) is 0. The summed E-state index contributed by atoms with van der Waals surface area (Å²) in [5, 5.41) is 0.725. The van der Waals surface area contributed by atoms with E-state index in [-0.39, 0.29) is 0 Å². The van der Waals surface area contributed by atoms with E-state index >= 15 is 0 Å². The first-order chi connectivity index (χ1) is 3.13. The molecule has 0 atom stereocenters. The van der Waals surface area contributed by atoms with Crippen molar-refractivity contribution in [1.29, 1.82) is 0 Å². The molecule has 0 rings (SSSR count). The Morgan fingerprint density at radius 3 is 2.29 bits per heavy atom. The molecule has 0 bridgehead atoms. The minimum absolute atomic E-state index is 0.725. The summed E-state index contributed by atoms with van der Waals surface area (Å²) in [7, 11) is 1.35. The number of hydrogen-bond donors (Lipinski definition) is 2. The molecule has 0 fully saturated rings. The molecule has 0 radical (unpaired) electrons. The summed E-state index contributed by atoms with van der Waals surface area (Å²) in [4.78, 5) is 13.7. The Morgan fingerprint density at radius 1 is 1.86 bits per heavy atom. The molecule has 0 unspecified atom stereocenters. The molecule has 0 aliphatic carbocycles. The van der Waals surface area contributed by atoms with Gasteiger partial charge >= 0.3 is 6.09 Å². The van der Waals surface area contributed by atoms with Crippen LogP contribution in [0.15, 0.2) is 0 Å². The highest BCUT2D eigenvalue weighted by Crippen LogP contribution is 1.69. The zero-order valence-electron chi connectivity index (χ0n) is 3.92. The largest absolute Gasteiger partial charge is 0.424 e. The lowest BCUT2D eigenvalue weighted by molar-refractivity contribution is -0.0750. The van der Waals surface area contributed by atoms with E-state index in [4.69, 9.17) is 5.84 Å². The fraction of sp³-hybridized carbons (Fsp3) is 0.500. The predicted octanol–water partition coefficient (Wildman–Crippen LogP) is -1.20. The maximum atomic E-state index is 9.69. The van der Waals surface area contributed by atoms with Crippen LogP contribution in [0.1, 0.15) is 0 Å². The second kappa shape index (κ2) is 2.38. The topological polar surface area (TPSA) is 81.6 Å². The van der Waals surface area contributed by atoms with Gasteiger partial charge in [-0.05, 0) is 0 Å². The van der Waals surface area contributed by atoms with Gasteiger partial charge in [0.15, 0.2) is 0 Å². The second-order valence-electron chi connectivity index (χ2n) is 0.957. The van der Waals surface area contributed by atoms with Gasteiger partial charge in [0.2, 0.25) is 0 Å². The molecule has 1 amide bonds. The molecule has 0 spiro atoms. The SMILES string of the molecule is CN(N)OC(N)=O. The molecular weight excluding hydrogens is 98.0 g/mol. The van der Waals surface area contributed by atoms with E-state index in [9.17, 15) is 4.79 Å². The zero-order chi connectivity index (χ0) is 5.86. The molecule has 5 nitrogen and oxygen atoms in total. The van der Waals surface area contributed by atoms with Crippen LogP contribution in [-0.4, -0.2) is 18.3 Å². The van der Waals surface area contributed by atoms with Crippen molar-refractivity contribution in [3.05, 3.63) is 0 Å². The van der Waals surface area contributed by atoms with Gasteiger partial charge in [0, 0.05) is 7.05 Å². The average molecular weight is 105 g/mol. The maximum Gasteiger partial charge on any atom is 0.424 e. The van der Waals surface area contributed by atoms with Gasteiger partial charge in [0.1, 0.15) is 0 Å². The number of rotatable bonds is 1. The Morgan fingerprint density at radius 2 is 2.29 bits per heavy atom. The molecular formula is C2H7N3O2. The van der Waals surface area contributed by atoms with Crippen LogP contribution in [0.25, 0.3) is 0 Å². The summed E-state index contributed by atoms with van der Waals surface area (Å²) in [5.41, 5.74) is 4.51. The van der Waals surface area contributed by atoms with E-state index in [1.807, 2.05) is 0 Å². The lowest BCUT2D eigenvalue weighted by Crippen LogP contribution is -2.31. The van der Waals surface area contributed by atoms with Gasteiger partial charge in [-0.2, -0.15) is 0 Å². The first-order valence-electron chi connectivity index (χ1n) is 1.58. The average Bonchev–Trinajstić information content (AvgIpc) is 1.27. The van der Waals surface area contributed by atoms with Crippen molar-refractivity contribution in [2.75, 3.05) is 7.05 Å². The lowest BCUT2D eigenvalue weighted by atomic mass is 11.3. The quantitative estimate of drug-likeness (QED) is 0.324. The summed E-state index contributed by atoms with van der Waals surface area (Å²) in [6.45, 7) is 0. The molecule has 42 valence electrons. The van der Waals surface area contributed by atoms with E-state index in [0.29, 0.717) is 0 Å². The highest BCUT2D eigenvalue weighted by molar-refractivity contribution is 5.64. The van der Waals surface area contributed by atoms with Crippen LogP contribution in [0.4, 0.5) is 4.79 Å². The smallest absolute Gasteiger partial charge is 0.336 e. The number of hydrogen-bond acceptors (Lipinski definition) is 4. The van der Waals surface area contributed by atoms with Crippen LogP contribution < -0.4 is 11.6 Å². The molecule has 0 saturated heterocycles. The Hall–Kier alpha value is -0.810.